The number of hydroxylamine groups is 2. The molecular formula is C21H29N3O5. The number of hydrogen-bond acceptors (Lipinski definition) is 7. The van der Waals surface area contributed by atoms with Gasteiger partial charge in [0, 0.05) is 35.2 Å². The topological polar surface area (TPSA) is 82.9 Å². The first-order valence-electron chi connectivity index (χ1n) is 10.8. The van der Waals surface area contributed by atoms with Crippen LogP contribution in [0.25, 0.3) is 0 Å². The molecule has 0 unspecified atom stereocenters. The summed E-state index contributed by atoms with van der Waals surface area (Å²) in [7, 11) is 0. The number of aryl methyl sites for hydroxylation is 2. The third-order valence-corrected chi connectivity index (χ3v) is 5.81. The van der Waals surface area contributed by atoms with Gasteiger partial charge in [0.05, 0.1) is 13.2 Å². The molecule has 0 saturated heterocycles. The number of aromatic nitrogens is 2. The van der Waals surface area contributed by atoms with E-state index in [1.807, 2.05) is 10.7 Å². The SMILES string of the molecule is O=C1C=C(C2CCCCC2)C(=O)ON(CCCCOc2cc3n(n2)CCCC3)O1. The summed E-state index contributed by atoms with van der Waals surface area (Å²) in [5, 5.41) is 5.47. The second kappa shape index (κ2) is 9.43. The molecule has 1 aromatic rings. The van der Waals surface area contributed by atoms with Crippen LogP contribution in [0.5, 0.6) is 5.88 Å². The molecule has 0 atom stereocenters. The maximum Gasteiger partial charge on any atom is 0.357 e. The summed E-state index contributed by atoms with van der Waals surface area (Å²) in [6, 6.07) is 2.01. The third kappa shape index (κ3) is 5.18. The van der Waals surface area contributed by atoms with Crippen molar-refractivity contribution in [3.05, 3.63) is 23.4 Å². The van der Waals surface area contributed by atoms with Gasteiger partial charge in [0.1, 0.15) is 0 Å². The summed E-state index contributed by atoms with van der Waals surface area (Å²) in [4.78, 5) is 34.9. The van der Waals surface area contributed by atoms with Crippen molar-refractivity contribution in [3.63, 3.8) is 0 Å². The van der Waals surface area contributed by atoms with Crippen LogP contribution in [0.4, 0.5) is 0 Å². The Morgan fingerprint density at radius 3 is 2.76 bits per heavy atom. The molecule has 158 valence electrons. The first-order valence-corrected chi connectivity index (χ1v) is 10.8. The molecule has 0 N–H and O–H groups in total. The molecule has 0 spiro atoms. The molecule has 1 fully saturated rings. The van der Waals surface area contributed by atoms with E-state index in [4.69, 9.17) is 14.4 Å². The Bertz CT molecular complexity index is 743. The minimum absolute atomic E-state index is 0.0953. The van der Waals surface area contributed by atoms with Crippen molar-refractivity contribution in [2.24, 2.45) is 5.92 Å². The van der Waals surface area contributed by atoms with Gasteiger partial charge in [-0.2, -0.15) is 0 Å². The van der Waals surface area contributed by atoms with Gasteiger partial charge in [0.2, 0.25) is 5.88 Å². The highest BCUT2D eigenvalue weighted by Crippen LogP contribution is 2.31. The van der Waals surface area contributed by atoms with Crippen LogP contribution in [0.2, 0.25) is 0 Å². The lowest BCUT2D eigenvalue weighted by Gasteiger charge is -2.22. The molecule has 2 aliphatic heterocycles. The van der Waals surface area contributed by atoms with Gasteiger partial charge >= 0.3 is 11.9 Å². The molecule has 3 aliphatic rings. The molecule has 4 rings (SSSR count). The van der Waals surface area contributed by atoms with E-state index in [2.05, 4.69) is 5.10 Å². The quantitative estimate of drug-likeness (QED) is 0.647. The van der Waals surface area contributed by atoms with Crippen LogP contribution in [0.1, 0.15) is 63.5 Å². The van der Waals surface area contributed by atoms with Crippen molar-refractivity contribution in [3.8, 4) is 5.88 Å². The maximum absolute atomic E-state index is 12.4. The van der Waals surface area contributed by atoms with E-state index in [-0.39, 0.29) is 5.92 Å². The second-order valence-corrected chi connectivity index (χ2v) is 7.99. The summed E-state index contributed by atoms with van der Waals surface area (Å²) in [6.45, 7) is 1.78. The number of unbranched alkanes of at least 4 members (excludes halogenated alkanes) is 1. The van der Waals surface area contributed by atoms with E-state index in [1.54, 1.807) is 0 Å². The molecular weight excluding hydrogens is 374 g/mol. The number of rotatable bonds is 7. The van der Waals surface area contributed by atoms with Crippen molar-refractivity contribution in [2.75, 3.05) is 13.2 Å². The Balaban J connectivity index is 1.20. The molecule has 0 bridgehead atoms. The Labute approximate surface area is 170 Å². The first kappa shape index (κ1) is 19.9. The van der Waals surface area contributed by atoms with Crippen LogP contribution in [0, 0.1) is 5.92 Å². The number of hydrogen-bond donors (Lipinski definition) is 0. The van der Waals surface area contributed by atoms with Crippen molar-refractivity contribution in [2.45, 2.75) is 70.8 Å². The average molecular weight is 403 g/mol. The van der Waals surface area contributed by atoms with Crippen molar-refractivity contribution in [1.29, 1.82) is 0 Å². The van der Waals surface area contributed by atoms with Gasteiger partial charge in [-0.3, -0.25) is 4.68 Å². The highest BCUT2D eigenvalue weighted by molar-refractivity contribution is 5.97. The van der Waals surface area contributed by atoms with Gasteiger partial charge in [0.25, 0.3) is 0 Å². The van der Waals surface area contributed by atoms with Crippen LogP contribution in [0.15, 0.2) is 17.7 Å². The van der Waals surface area contributed by atoms with Gasteiger partial charge in [-0.1, -0.05) is 19.3 Å². The number of carbonyl (C=O) groups excluding carboxylic acids is 2. The van der Waals surface area contributed by atoms with Gasteiger partial charge in [0.15, 0.2) is 0 Å². The van der Waals surface area contributed by atoms with Crippen molar-refractivity contribution < 1.29 is 24.0 Å². The highest BCUT2D eigenvalue weighted by atomic mass is 17.0. The van der Waals surface area contributed by atoms with Gasteiger partial charge in [-0.05, 0) is 50.9 Å². The fraction of sp³-hybridized carbons (Fsp3) is 0.667. The van der Waals surface area contributed by atoms with E-state index in [0.29, 0.717) is 31.0 Å². The van der Waals surface area contributed by atoms with E-state index in [1.165, 1.54) is 31.0 Å². The predicted octanol–water partition coefficient (Wildman–Crippen LogP) is 3.12. The molecule has 0 radical (unpaired) electrons. The van der Waals surface area contributed by atoms with Gasteiger partial charge in [-0.25, -0.2) is 9.59 Å². The minimum Gasteiger partial charge on any atom is -0.477 e. The van der Waals surface area contributed by atoms with Crippen LogP contribution < -0.4 is 4.74 Å². The molecule has 8 heteroatoms. The highest BCUT2D eigenvalue weighted by Gasteiger charge is 2.31. The van der Waals surface area contributed by atoms with Crippen LogP contribution >= 0.6 is 0 Å². The van der Waals surface area contributed by atoms with Crippen molar-refractivity contribution >= 4 is 11.9 Å². The lowest BCUT2D eigenvalue weighted by atomic mass is 9.83. The van der Waals surface area contributed by atoms with Crippen LogP contribution in [-0.2, 0) is 32.2 Å². The molecule has 1 aromatic heterocycles. The Kier molecular flexibility index (Phi) is 6.49. The summed E-state index contributed by atoms with van der Waals surface area (Å²) < 4.78 is 7.75. The fourth-order valence-corrected chi connectivity index (χ4v) is 4.25. The summed E-state index contributed by atoms with van der Waals surface area (Å²) in [6.07, 6.45) is 11.3. The van der Waals surface area contributed by atoms with E-state index >= 15 is 0 Å². The second-order valence-electron chi connectivity index (χ2n) is 7.99. The van der Waals surface area contributed by atoms with E-state index in [9.17, 15) is 9.59 Å². The molecule has 29 heavy (non-hydrogen) atoms. The van der Waals surface area contributed by atoms with E-state index < -0.39 is 11.9 Å². The molecule has 1 aliphatic carbocycles. The zero-order valence-electron chi connectivity index (χ0n) is 16.8. The number of nitrogens with zero attached hydrogens (tertiary/aromatic N) is 3. The third-order valence-electron chi connectivity index (χ3n) is 5.81. The lowest BCUT2D eigenvalue weighted by molar-refractivity contribution is -0.319. The smallest absolute Gasteiger partial charge is 0.357 e. The normalized spacial score (nSPS) is 21.0. The standard InChI is InChI=1S/C21H29N3O5/c25-20-15-18(16-8-2-1-3-9-16)21(26)29-24(28-20)12-6-7-13-27-19-14-17-10-4-5-11-23(17)22-19/h14-16H,1-13H2. The van der Waals surface area contributed by atoms with Crippen molar-refractivity contribution in [1.82, 2.24) is 15.0 Å². The largest absolute Gasteiger partial charge is 0.477 e. The lowest BCUT2D eigenvalue weighted by Crippen LogP contribution is -2.29. The Morgan fingerprint density at radius 1 is 1.07 bits per heavy atom. The zero-order chi connectivity index (χ0) is 20.1. The molecule has 8 nitrogen and oxygen atoms in total. The summed E-state index contributed by atoms with van der Waals surface area (Å²) in [5.41, 5.74) is 1.68. The summed E-state index contributed by atoms with van der Waals surface area (Å²) >= 11 is 0. The Hall–Kier alpha value is -2.35. The number of carbonyl (C=O) groups is 2. The minimum atomic E-state index is -0.545. The fourth-order valence-electron chi connectivity index (χ4n) is 4.25. The first-order chi connectivity index (χ1) is 14.2. The van der Waals surface area contributed by atoms with E-state index in [0.717, 1.165) is 50.3 Å². The van der Waals surface area contributed by atoms with Gasteiger partial charge < -0.3 is 14.4 Å². The zero-order valence-corrected chi connectivity index (χ0v) is 16.8. The molecule has 0 amide bonds. The maximum atomic E-state index is 12.4. The van der Waals surface area contributed by atoms with Crippen LogP contribution in [0.3, 0.4) is 0 Å². The molecule has 0 aromatic carbocycles. The van der Waals surface area contributed by atoms with Crippen LogP contribution in [-0.4, -0.2) is 40.1 Å². The average Bonchev–Trinajstić information content (AvgIpc) is 3.08. The number of fused-ring (bicyclic) bond motifs is 1. The number of ether oxygens (including phenoxy) is 1. The van der Waals surface area contributed by atoms with Gasteiger partial charge in [-0.15, -0.1) is 5.10 Å². The molecule has 1 saturated carbocycles. The molecule has 3 heterocycles. The summed E-state index contributed by atoms with van der Waals surface area (Å²) in [5.74, 6) is -0.257. The predicted molar refractivity (Wildman–Crippen MR) is 103 cm³/mol. The Morgan fingerprint density at radius 2 is 1.93 bits per heavy atom. The monoisotopic (exact) mass is 403 g/mol.